The number of benzene rings is 2. The first-order valence-electron chi connectivity index (χ1n) is 13.4. The third-order valence-corrected chi connectivity index (χ3v) is 6.76. The van der Waals surface area contributed by atoms with Crippen molar-refractivity contribution in [1.29, 1.82) is 0 Å². The standard InChI is InChI=1S/C31H36FN3O3/c1-4-28(31(37)34-16-13-25-10-5-6-15-33-25)38-26-12-11-22-14-17-35(29(36)18-21(2)3)30(27(22)20-26)23-8-7-9-24(32)19-23/h5-12,15,19-21,28,30H,4,13-14,16-18H2,1-3H3,(H,34,37)/t28-,30+/m1/s1. The summed E-state index contributed by atoms with van der Waals surface area (Å²) in [5.74, 6) is 0.288. The number of ether oxygens (including phenoxy) is 1. The van der Waals surface area contributed by atoms with Crippen molar-refractivity contribution in [2.45, 2.75) is 58.6 Å². The number of hydrogen-bond donors (Lipinski definition) is 1. The highest BCUT2D eigenvalue weighted by atomic mass is 19.1. The van der Waals surface area contributed by atoms with Crippen molar-refractivity contribution in [1.82, 2.24) is 15.2 Å². The number of amides is 2. The van der Waals surface area contributed by atoms with Gasteiger partial charge in [0, 0.05) is 37.8 Å². The van der Waals surface area contributed by atoms with E-state index in [0.29, 0.717) is 44.5 Å². The number of halogens is 1. The van der Waals surface area contributed by atoms with Gasteiger partial charge in [-0.3, -0.25) is 14.6 Å². The van der Waals surface area contributed by atoms with Gasteiger partial charge >= 0.3 is 0 Å². The fraction of sp³-hybridized carbons (Fsp3) is 0.387. The highest BCUT2D eigenvalue weighted by molar-refractivity contribution is 5.81. The van der Waals surface area contributed by atoms with Gasteiger partial charge in [0.25, 0.3) is 5.91 Å². The molecule has 0 fully saturated rings. The van der Waals surface area contributed by atoms with Gasteiger partial charge in [-0.25, -0.2) is 4.39 Å². The van der Waals surface area contributed by atoms with Crippen LogP contribution in [-0.2, 0) is 22.4 Å². The first-order chi connectivity index (χ1) is 18.4. The van der Waals surface area contributed by atoms with Crippen LogP contribution in [0.1, 0.15) is 62.0 Å². The van der Waals surface area contributed by atoms with Crippen LogP contribution in [0.4, 0.5) is 4.39 Å². The predicted octanol–water partition coefficient (Wildman–Crippen LogP) is 5.26. The number of fused-ring (bicyclic) bond motifs is 1. The van der Waals surface area contributed by atoms with Gasteiger partial charge in [0.15, 0.2) is 6.10 Å². The van der Waals surface area contributed by atoms with E-state index in [-0.39, 0.29) is 23.5 Å². The third-order valence-electron chi connectivity index (χ3n) is 6.76. The summed E-state index contributed by atoms with van der Waals surface area (Å²) in [6.45, 7) is 6.98. The zero-order chi connectivity index (χ0) is 27.1. The second-order valence-electron chi connectivity index (χ2n) is 10.1. The molecule has 0 unspecified atom stereocenters. The van der Waals surface area contributed by atoms with Crippen LogP contribution in [0.15, 0.2) is 66.9 Å². The fourth-order valence-electron chi connectivity index (χ4n) is 4.90. The van der Waals surface area contributed by atoms with E-state index >= 15 is 0 Å². The first kappa shape index (κ1) is 27.3. The average molecular weight is 518 g/mol. The molecule has 0 saturated carbocycles. The van der Waals surface area contributed by atoms with Crippen molar-refractivity contribution in [3.8, 4) is 5.75 Å². The molecule has 0 aliphatic carbocycles. The zero-order valence-corrected chi connectivity index (χ0v) is 22.3. The highest BCUT2D eigenvalue weighted by Gasteiger charge is 2.33. The first-order valence-corrected chi connectivity index (χ1v) is 13.4. The summed E-state index contributed by atoms with van der Waals surface area (Å²) in [6, 6.07) is 17.5. The van der Waals surface area contributed by atoms with Crippen LogP contribution in [0, 0.1) is 11.7 Å². The smallest absolute Gasteiger partial charge is 0.261 e. The van der Waals surface area contributed by atoms with E-state index in [1.807, 2.05) is 68.1 Å². The number of hydrogen-bond acceptors (Lipinski definition) is 4. The fourth-order valence-corrected chi connectivity index (χ4v) is 4.90. The molecule has 38 heavy (non-hydrogen) atoms. The maximum Gasteiger partial charge on any atom is 0.261 e. The second kappa shape index (κ2) is 12.7. The largest absolute Gasteiger partial charge is 0.481 e. The van der Waals surface area contributed by atoms with Crippen molar-refractivity contribution in [3.05, 3.63) is 95.1 Å². The zero-order valence-electron chi connectivity index (χ0n) is 22.3. The molecule has 2 aromatic carbocycles. The molecule has 2 atom stereocenters. The third kappa shape index (κ3) is 6.77. The second-order valence-corrected chi connectivity index (χ2v) is 10.1. The molecule has 0 saturated heterocycles. The lowest BCUT2D eigenvalue weighted by Crippen LogP contribution is -2.41. The maximum atomic E-state index is 14.3. The van der Waals surface area contributed by atoms with Gasteiger partial charge in [-0.2, -0.15) is 0 Å². The lowest BCUT2D eigenvalue weighted by atomic mass is 9.87. The lowest BCUT2D eigenvalue weighted by molar-refractivity contribution is -0.134. The Morgan fingerprint density at radius 3 is 2.68 bits per heavy atom. The van der Waals surface area contributed by atoms with Crippen molar-refractivity contribution >= 4 is 11.8 Å². The Bertz CT molecular complexity index is 1250. The summed E-state index contributed by atoms with van der Waals surface area (Å²) in [5.41, 5.74) is 3.63. The van der Waals surface area contributed by atoms with Crippen molar-refractivity contribution in [2.24, 2.45) is 5.92 Å². The number of rotatable bonds is 10. The Morgan fingerprint density at radius 1 is 1.13 bits per heavy atom. The number of carbonyl (C=O) groups is 2. The minimum atomic E-state index is -0.660. The Balaban J connectivity index is 1.54. The molecule has 1 aliphatic heterocycles. The minimum absolute atomic E-state index is 0.0463. The van der Waals surface area contributed by atoms with Crippen LogP contribution in [0.2, 0.25) is 0 Å². The molecule has 0 spiro atoms. The van der Waals surface area contributed by atoms with Crippen LogP contribution >= 0.6 is 0 Å². The van der Waals surface area contributed by atoms with Gasteiger partial charge in [0.2, 0.25) is 5.91 Å². The molecule has 0 bridgehead atoms. The predicted molar refractivity (Wildman–Crippen MR) is 145 cm³/mol. The van der Waals surface area contributed by atoms with Crippen molar-refractivity contribution in [2.75, 3.05) is 13.1 Å². The molecule has 4 rings (SSSR count). The molecular formula is C31H36FN3O3. The highest BCUT2D eigenvalue weighted by Crippen LogP contribution is 2.38. The molecule has 6 nitrogen and oxygen atoms in total. The van der Waals surface area contributed by atoms with Crippen LogP contribution in [0.25, 0.3) is 0 Å². The van der Waals surface area contributed by atoms with Gasteiger partial charge in [-0.1, -0.05) is 45.0 Å². The molecule has 2 heterocycles. The van der Waals surface area contributed by atoms with E-state index in [9.17, 15) is 14.0 Å². The van der Waals surface area contributed by atoms with Gasteiger partial charge in [-0.15, -0.1) is 0 Å². The van der Waals surface area contributed by atoms with E-state index in [0.717, 1.165) is 22.4 Å². The van der Waals surface area contributed by atoms with Crippen molar-refractivity contribution < 1.29 is 18.7 Å². The Hall–Kier alpha value is -3.74. The minimum Gasteiger partial charge on any atom is -0.481 e. The van der Waals surface area contributed by atoms with Gasteiger partial charge < -0.3 is 15.0 Å². The lowest BCUT2D eigenvalue weighted by Gasteiger charge is -2.38. The van der Waals surface area contributed by atoms with Crippen LogP contribution in [0.3, 0.4) is 0 Å². The van der Waals surface area contributed by atoms with Gasteiger partial charge in [0.05, 0.1) is 6.04 Å². The van der Waals surface area contributed by atoms with E-state index in [1.54, 1.807) is 12.3 Å². The molecule has 1 N–H and O–H groups in total. The molecule has 0 radical (unpaired) electrons. The molecule has 7 heteroatoms. The molecule has 3 aromatic rings. The maximum absolute atomic E-state index is 14.3. The average Bonchev–Trinajstić information content (AvgIpc) is 2.91. The number of carbonyl (C=O) groups excluding carboxylic acids is 2. The Kier molecular flexibility index (Phi) is 9.10. The quantitative estimate of drug-likeness (QED) is 0.398. The van der Waals surface area contributed by atoms with E-state index < -0.39 is 12.1 Å². The van der Waals surface area contributed by atoms with Gasteiger partial charge in [-0.05, 0) is 71.8 Å². The number of pyridine rings is 1. The molecular weight excluding hydrogens is 481 g/mol. The number of nitrogens with zero attached hydrogens (tertiary/aromatic N) is 2. The van der Waals surface area contributed by atoms with Crippen molar-refractivity contribution in [3.63, 3.8) is 0 Å². The SMILES string of the molecule is CC[C@@H](Oc1ccc2c(c1)[C@H](c1cccc(F)c1)N(C(=O)CC(C)C)CC2)C(=O)NCCc1ccccn1. The molecule has 1 aliphatic rings. The van der Waals surface area contributed by atoms with E-state index in [2.05, 4.69) is 10.3 Å². The topological polar surface area (TPSA) is 71.5 Å². The Morgan fingerprint density at radius 2 is 1.97 bits per heavy atom. The molecule has 2 amide bonds. The number of aromatic nitrogens is 1. The van der Waals surface area contributed by atoms with Crippen LogP contribution in [0.5, 0.6) is 5.75 Å². The van der Waals surface area contributed by atoms with E-state index in [4.69, 9.17) is 4.74 Å². The molecule has 200 valence electrons. The monoisotopic (exact) mass is 517 g/mol. The Labute approximate surface area is 224 Å². The van der Waals surface area contributed by atoms with Gasteiger partial charge in [0.1, 0.15) is 11.6 Å². The molecule has 1 aromatic heterocycles. The summed E-state index contributed by atoms with van der Waals surface area (Å²) in [7, 11) is 0. The van der Waals surface area contributed by atoms with Crippen LogP contribution in [-0.4, -0.2) is 40.9 Å². The summed E-state index contributed by atoms with van der Waals surface area (Å²) in [5, 5.41) is 2.95. The summed E-state index contributed by atoms with van der Waals surface area (Å²) in [6.07, 6.45) is 3.34. The summed E-state index contributed by atoms with van der Waals surface area (Å²) in [4.78, 5) is 32.2. The van der Waals surface area contributed by atoms with E-state index in [1.165, 1.54) is 12.1 Å². The normalized spacial score (nSPS) is 15.6. The number of nitrogens with one attached hydrogen (secondary N) is 1. The van der Waals surface area contributed by atoms with Crippen LogP contribution < -0.4 is 10.1 Å². The summed E-state index contributed by atoms with van der Waals surface area (Å²) >= 11 is 0. The summed E-state index contributed by atoms with van der Waals surface area (Å²) < 4.78 is 20.4.